The lowest BCUT2D eigenvalue weighted by Gasteiger charge is -1.91. The maximum Gasteiger partial charge on any atom is 0.129 e. The highest BCUT2D eigenvalue weighted by Crippen LogP contribution is 1.91. The van der Waals surface area contributed by atoms with Gasteiger partial charge in [-0.15, -0.1) is 0 Å². The van der Waals surface area contributed by atoms with Gasteiger partial charge in [-0.3, -0.25) is 0 Å². The zero-order valence-electron chi connectivity index (χ0n) is 4.54. The molecule has 0 aliphatic carbocycles. The third kappa shape index (κ3) is 1.07. The summed E-state index contributed by atoms with van der Waals surface area (Å²) in [5.74, 6) is 0.840. The molecule has 0 spiro atoms. The molecule has 1 rings (SSSR count). The van der Waals surface area contributed by atoms with Crippen molar-refractivity contribution in [3.8, 4) is 0 Å². The zero-order valence-corrected chi connectivity index (χ0v) is 4.54. The van der Waals surface area contributed by atoms with Crippen molar-refractivity contribution in [2.45, 2.75) is 6.42 Å². The summed E-state index contributed by atoms with van der Waals surface area (Å²) in [6.45, 7) is 0.629. The number of hydrogen-bond acceptors (Lipinski definition) is 2. The van der Waals surface area contributed by atoms with Crippen LogP contribution in [0.15, 0.2) is 17.4 Å². The number of aliphatic imine (C=N–C) groups is 1. The summed E-state index contributed by atoms with van der Waals surface area (Å²) in [5.41, 5.74) is 5.24. The molecule has 3 nitrogen and oxygen atoms in total. The van der Waals surface area contributed by atoms with Crippen LogP contribution in [0.1, 0.15) is 6.42 Å². The molecule has 1 radical (unpaired) electrons. The minimum atomic E-state index is 0.629. The van der Waals surface area contributed by atoms with E-state index in [1.807, 2.05) is 0 Å². The van der Waals surface area contributed by atoms with Gasteiger partial charge in [0.25, 0.3) is 0 Å². The van der Waals surface area contributed by atoms with Crippen LogP contribution < -0.4 is 11.1 Å². The quantitative estimate of drug-likeness (QED) is 0.527. The van der Waals surface area contributed by atoms with Crippen LogP contribution in [-0.4, -0.2) is 12.4 Å². The molecule has 1 aliphatic rings. The Morgan fingerprint density at radius 2 is 2.38 bits per heavy atom. The molecule has 2 N–H and O–H groups in total. The van der Waals surface area contributed by atoms with Gasteiger partial charge >= 0.3 is 0 Å². The minimum Gasteiger partial charge on any atom is -0.330 e. The van der Waals surface area contributed by atoms with Crippen molar-refractivity contribution in [2.75, 3.05) is 6.54 Å². The molecule has 0 fully saturated rings. The Morgan fingerprint density at radius 3 is 2.88 bits per heavy atom. The molecule has 0 amide bonds. The van der Waals surface area contributed by atoms with Gasteiger partial charge in [-0.05, 0) is 6.54 Å². The number of nitrogens with two attached hydrogens (primary N) is 1. The second kappa shape index (κ2) is 2.47. The summed E-state index contributed by atoms with van der Waals surface area (Å²) in [7, 11) is 0. The summed E-state index contributed by atoms with van der Waals surface area (Å²) < 4.78 is 0. The summed E-state index contributed by atoms with van der Waals surface area (Å²) >= 11 is 0. The minimum absolute atomic E-state index is 0.629. The van der Waals surface area contributed by atoms with Crippen molar-refractivity contribution in [1.82, 2.24) is 5.32 Å². The van der Waals surface area contributed by atoms with Gasteiger partial charge in [0.2, 0.25) is 0 Å². The topological polar surface area (TPSA) is 52.5 Å². The van der Waals surface area contributed by atoms with Gasteiger partial charge in [0.05, 0.1) is 0 Å². The second-order valence-electron chi connectivity index (χ2n) is 1.51. The van der Waals surface area contributed by atoms with E-state index in [2.05, 4.69) is 10.3 Å². The number of nitrogens with zero attached hydrogens (tertiary/aromatic N) is 2. The van der Waals surface area contributed by atoms with E-state index < -0.39 is 0 Å². The number of hydrogen-bond donors (Lipinski definition) is 1. The number of amidine groups is 1. The molecule has 0 unspecified atom stereocenters. The first kappa shape index (κ1) is 5.31. The van der Waals surface area contributed by atoms with Crippen LogP contribution in [0, 0.1) is 0 Å². The molecule has 43 valence electrons. The predicted octanol–water partition coefficient (Wildman–Crippen LogP) is -0.177. The fraction of sp³-hybridized carbons (Fsp3) is 0.400. The highest BCUT2D eigenvalue weighted by molar-refractivity contribution is 5.85. The maximum absolute atomic E-state index is 5.24. The molecule has 1 aliphatic heterocycles. The van der Waals surface area contributed by atoms with E-state index in [1.54, 1.807) is 12.4 Å². The van der Waals surface area contributed by atoms with Gasteiger partial charge in [0.1, 0.15) is 5.84 Å². The zero-order chi connectivity index (χ0) is 5.82. The van der Waals surface area contributed by atoms with Gasteiger partial charge < -0.3 is 5.73 Å². The Labute approximate surface area is 48.3 Å². The molecular formula is C5H8N3. The van der Waals surface area contributed by atoms with Crippen molar-refractivity contribution < 1.29 is 0 Å². The van der Waals surface area contributed by atoms with Crippen LogP contribution in [0.25, 0.3) is 0 Å². The van der Waals surface area contributed by atoms with Crippen LogP contribution in [0.3, 0.4) is 0 Å². The Balaban J connectivity index is 2.28. The van der Waals surface area contributed by atoms with Gasteiger partial charge in [-0.2, -0.15) is 0 Å². The first-order chi connectivity index (χ1) is 3.93. The molecule has 0 aromatic carbocycles. The van der Waals surface area contributed by atoms with Gasteiger partial charge in [0, 0.05) is 18.8 Å². The van der Waals surface area contributed by atoms with Gasteiger partial charge in [-0.1, -0.05) is 0 Å². The molecular weight excluding hydrogens is 102 g/mol. The Morgan fingerprint density at radius 1 is 1.50 bits per heavy atom. The van der Waals surface area contributed by atoms with E-state index in [9.17, 15) is 0 Å². The molecule has 3 heteroatoms. The van der Waals surface area contributed by atoms with E-state index in [-0.39, 0.29) is 0 Å². The van der Waals surface area contributed by atoms with E-state index in [1.165, 1.54) is 0 Å². The summed E-state index contributed by atoms with van der Waals surface area (Å²) in [6, 6.07) is 0. The fourth-order valence-electron chi connectivity index (χ4n) is 0.530. The van der Waals surface area contributed by atoms with E-state index in [0.717, 1.165) is 12.3 Å². The Bertz CT molecular complexity index is 126. The SMILES string of the molecule is NCCC1=NC=C[N]1. The average Bonchev–Trinajstić information content (AvgIpc) is 2.19. The maximum atomic E-state index is 5.24. The second-order valence-corrected chi connectivity index (χ2v) is 1.51. The van der Waals surface area contributed by atoms with E-state index >= 15 is 0 Å². The average molecular weight is 110 g/mol. The summed E-state index contributed by atoms with van der Waals surface area (Å²) in [4.78, 5) is 3.91. The molecule has 0 atom stereocenters. The van der Waals surface area contributed by atoms with Crippen LogP contribution in [0.4, 0.5) is 0 Å². The third-order valence-electron chi connectivity index (χ3n) is 0.882. The number of rotatable bonds is 2. The van der Waals surface area contributed by atoms with Crippen LogP contribution >= 0.6 is 0 Å². The standard InChI is InChI=1S/C5H8N3/c6-2-1-5-7-3-4-8-5/h3-4H,1-2,6H2. The van der Waals surface area contributed by atoms with Crippen molar-refractivity contribution in [2.24, 2.45) is 10.7 Å². The lowest BCUT2D eigenvalue weighted by atomic mass is 10.4. The fourth-order valence-corrected chi connectivity index (χ4v) is 0.530. The molecule has 8 heavy (non-hydrogen) atoms. The van der Waals surface area contributed by atoms with E-state index in [0.29, 0.717) is 6.54 Å². The lowest BCUT2D eigenvalue weighted by Crippen LogP contribution is -2.12. The lowest BCUT2D eigenvalue weighted by molar-refractivity contribution is 1.01. The molecule has 0 saturated carbocycles. The molecule has 0 saturated heterocycles. The smallest absolute Gasteiger partial charge is 0.129 e. The first-order valence-corrected chi connectivity index (χ1v) is 2.56. The molecule has 1 heterocycles. The predicted molar refractivity (Wildman–Crippen MR) is 32.4 cm³/mol. The third-order valence-corrected chi connectivity index (χ3v) is 0.882. The summed E-state index contributed by atoms with van der Waals surface area (Å²) in [5, 5.41) is 3.91. The van der Waals surface area contributed by atoms with Crippen LogP contribution in [0.5, 0.6) is 0 Å². The van der Waals surface area contributed by atoms with Crippen LogP contribution in [0.2, 0.25) is 0 Å². The normalized spacial score (nSPS) is 15.9. The Kier molecular flexibility index (Phi) is 1.64. The van der Waals surface area contributed by atoms with Crippen molar-refractivity contribution in [3.05, 3.63) is 12.4 Å². The van der Waals surface area contributed by atoms with Crippen LogP contribution in [-0.2, 0) is 0 Å². The summed E-state index contributed by atoms with van der Waals surface area (Å²) in [6.07, 6.45) is 4.13. The Hall–Kier alpha value is -0.830. The monoisotopic (exact) mass is 110 g/mol. The van der Waals surface area contributed by atoms with Crippen molar-refractivity contribution in [3.63, 3.8) is 0 Å². The highest BCUT2D eigenvalue weighted by Gasteiger charge is 1.97. The molecule has 0 bridgehead atoms. The van der Waals surface area contributed by atoms with Gasteiger partial charge in [-0.25, -0.2) is 10.3 Å². The van der Waals surface area contributed by atoms with E-state index in [4.69, 9.17) is 5.73 Å². The van der Waals surface area contributed by atoms with Crippen molar-refractivity contribution >= 4 is 5.84 Å². The highest BCUT2D eigenvalue weighted by atomic mass is 15.0. The molecule has 0 aromatic rings. The van der Waals surface area contributed by atoms with Gasteiger partial charge in [0.15, 0.2) is 0 Å². The largest absolute Gasteiger partial charge is 0.330 e. The first-order valence-electron chi connectivity index (χ1n) is 2.56. The van der Waals surface area contributed by atoms with Crippen molar-refractivity contribution in [1.29, 1.82) is 0 Å². The molecule has 0 aromatic heterocycles.